The second kappa shape index (κ2) is 5.73. The van der Waals surface area contributed by atoms with E-state index in [4.69, 9.17) is 0 Å². The summed E-state index contributed by atoms with van der Waals surface area (Å²) >= 11 is 1.79. The van der Waals surface area contributed by atoms with Gasteiger partial charge in [-0.1, -0.05) is 31.2 Å². The molecule has 0 saturated carbocycles. The summed E-state index contributed by atoms with van der Waals surface area (Å²) in [6, 6.07) is 12.9. The van der Waals surface area contributed by atoms with Gasteiger partial charge >= 0.3 is 0 Å². The van der Waals surface area contributed by atoms with Gasteiger partial charge in [0.05, 0.1) is 11.7 Å². The van der Waals surface area contributed by atoms with Crippen LogP contribution in [0.1, 0.15) is 29.1 Å². The van der Waals surface area contributed by atoms with Crippen LogP contribution in [-0.2, 0) is 0 Å². The zero-order chi connectivity index (χ0) is 13.9. The van der Waals surface area contributed by atoms with E-state index in [-0.39, 0.29) is 6.04 Å². The summed E-state index contributed by atoms with van der Waals surface area (Å²) in [4.78, 5) is 5.99. The normalized spacial score (nSPS) is 12.7. The largest absolute Gasteiger partial charge is 0.305 e. The lowest BCUT2D eigenvalue weighted by molar-refractivity contribution is 0.622. The molecule has 102 valence electrons. The molecule has 0 spiro atoms. The summed E-state index contributed by atoms with van der Waals surface area (Å²) < 4.78 is 0. The van der Waals surface area contributed by atoms with Gasteiger partial charge in [-0.25, -0.2) is 0 Å². The number of pyridine rings is 1. The molecule has 0 fully saturated rings. The maximum absolute atomic E-state index is 4.65. The van der Waals surface area contributed by atoms with Crippen molar-refractivity contribution in [2.24, 2.45) is 0 Å². The van der Waals surface area contributed by atoms with E-state index in [0.717, 1.165) is 12.2 Å². The molecular weight excluding hydrogens is 264 g/mol. The number of aryl methyl sites for hydroxylation is 1. The molecule has 0 saturated heterocycles. The Labute approximate surface area is 123 Å². The van der Waals surface area contributed by atoms with Gasteiger partial charge in [-0.05, 0) is 41.9 Å². The second-order valence-electron chi connectivity index (χ2n) is 4.90. The van der Waals surface area contributed by atoms with Gasteiger partial charge < -0.3 is 5.32 Å². The summed E-state index contributed by atoms with van der Waals surface area (Å²) in [5.74, 6) is 0. The second-order valence-corrected chi connectivity index (χ2v) is 6.01. The monoisotopic (exact) mass is 282 g/mol. The number of aromatic nitrogens is 1. The molecule has 0 bridgehead atoms. The van der Waals surface area contributed by atoms with Crippen LogP contribution in [0.15, 0.2) is 48.0 Å². The molecule has 1 atom stereocenters. The zero-order valence-corrected chi connectivity index (χ0v) is 12.6. The fourth-order valence-corrected chi connectivity index (χ4v) is 3.29. The molecule has 0 aliphatic rings. The number of hydrogen-bond acceptors (Lipinski definition) is 3. The van der Waals surface area contributed by atoms with Gasteiger partial charge in [0, 0.05) is 16.5 Å². The molecule has 1 aromatic carbocycles. The van der Waals surface area contributed by atoms with Crippen molar-refractivity contribution in [1.29, 1.82) is 0 Å². The minimum atomic E-state index is 0.163. The van der Waals surface area contributed by atoms with Crippen molar-refractivity contribution < 1.29 is 0 Å². The number of hydrogen-bond donors (Lipinski definition) is 1. The molecule has 2 heterocycles. The van der Waals surface area contributed by atoms with E-state index < -0.39 is 0 Å². The third kappa shape index (κ3) is 2.47. The summed E-state index contributed by atoms with van der Waals surface area (Å²) in [6.45, 7) is 5.20. The molecule has 3 rings (SSSR count). The Bertz CT molecular complexity index is 712. The molecular formula is C17H18N2S. The van der Waals surface area contributed by atoms with Crippen LogP contribution in [0.3, 0.4) is 0 Å². The summed E-state index contributed by atoms with van der Waals surface area (Å²) in [5.41, 5.74) is 2.42. The van der Waals surface area contributed by atoms with Crippen molar-refractivity contribution in [3.05, 3.63) is 64.1 Å². The van der Waals surface area contributed by atoms with Crippen molar-refractivity contribution in [1.82, 2.24) is 10.3 Å². The standard InChI is InChI=1S/C17H18N2S/c1-3-18-16(14-10-12(2)20-11-14)17-15-7-5-4-6-13(15)8-9-19-17/h4-11,16,18H,3H2,1-2H3. The molecule has 3 aromatic rings. The first-order valence-corrected chi connectivity index (χ1v) is 7.79. The zero-order valence-electron chi connectivity index (χ0n) is 11.8. The van der Waals surface area contributed by atoms with Crippen LogP contribution >= 0.6 is 11.3 Å². The highest BCUT2D eigenvalue weighted by atomic mass is 32.1. The lowest BCUT2D eigenvalue weighted by atomic mass is 10.0. The minimum Gasteiger partial charge on any atom is -0.305 e. The molecule has 2 aromatic heterocycles. The quantitative estimate of drug-likeness (QED) is 0.771. The maximum atomic E-state index is 4.65. The van der Waals surface area contributed by atoms with Gasteiger partial charge in [0.2, 0.25) is 0 Å². The Balaban J connectivity index is 2.14. The summed E-state index contributed by atoms with van der Waals surface area (Å²) in [5, 5.41) is 8.26. The smallest absolute Gasteiger partial charge is 0.0765 e. The Morgan fingerprint density at radius 1 is 1.25 bits per heavy atom. The van der Waals surface area contributed by atoms with Gasteiger partial charge in [-0.2, -0.15) is 0 Å². The van der Waals surface area contributed by atoms with Gasteiger partial charge in [-0.15, -0.1) is 11.3 Å². The van der Waals surface area contributed by atoms with Crippen molar-refractivity contribution in [3.8, 4) is 0 Å². The fourth-order valence-electron chi connectivity index (χ4n) is 2.56. The van der Waals surface area contributed by atoms with Crippen LogP contribution in [-0.4, -0.2) is 11.5 Å². The van der Waals surface area contributed by atoms with Gasteiger partial charge in [-0.3, -0.25) is 4.98 Å². The number of fused-ring (bicyclic) bond motifs is 1. The van der Waals surface area contributed by atoms with Crippen LogP contribution in [0.25, 0.3) is 10.8 Å². The number of nitrogens with zero attached hydrogens (tertiary/aromatic N) is 1. The van der Waals surface area contributed by atoms with Crippen LogP contribution in [0.4, 0.5) is 0 Å². The number of thiophene rings is 1. The first-order chi connectivity index (χ1) is 9.79. The van der Waals surface area contributed by atoms with Crippen LogP contribution in [0.2, 0.25) is 0 Å². The van der Waals surface area contributed by atoms with Gasteiger partial charge in [0.15, 0.2) is 0 Å². The number of rotatable bonds is 4. The Hall–Kier alpha value is -1.71. The fraction of sp³-hybridized carbons (Fsp3) is 0.235. The van der Waals surface area contributed by atoms with Gasteiger partial charge in [0.1, 0.15) is 0 Å². The van der Waals surface area contributed by atoms with E-state index >= 15 is 0 Å². The van der Waals surface area contributed by atoms with E-state index in [1.54, 1.807) is 11.3 Å². The molecule has 3 heteroatoms. The topological polar surface area (TPSA) is 24.9 Å². The molecule has 1 N–H and O–H groups in total. The van der Waals surface area contributed by atoms with Crippen molar-refractivity contribution in [3.63, 3.8) is 0 Å². The predicted octanol–water partition coefficient (Wildman–Crippen LogP) is 4.30. The highest BCUT2D eigenvalue weighted by molar-refractivity contribution is 7.10. The third-order valence-electron chi connectivity index (χ3n) is 3.47. The molecule has 2 nitrogen and oxygen atoms in total. The molecule has 0 amide bonds. The first-order valence-electron chi connectivity index (χ1n) is 6.91. The average Bonchev–Trinajstić information content (AvgIpc) is 2.91. The molecule has 0 aliphatic carbocycles. The van der Waals surface area contributed by atoms with Crippen molar-refractivity contribution >= 4 is 22.1 Å². The molecule has 1 unspecified atom stereocenters. The minimum absolute atomic E-state index is 0.163. The van der Waals surface area contributed by atoms with Crippen LogP contribution < -0.4 is 5.32 Å². The summed E-state index contributed by atoms with van der Waals surface area (Å²) in [6.07, 6.45) is 1.90. The van der Waals surface area contributed by atoms with E-state index in [1.165, 1.54) is 21.2 Å². The van der Waals surface area contributed by atoms with E-state index in [1.807, 2.05) is 6.20 Å². The number of benzene rings is 1. The highest BCUT2D eigenvalue weighted by Gasteiger charge is 2.17. The molecule has 0 aliphatic heterocycles. The SMILES string of the molecule is CCNC(c1csc(C)c1)c1nccc2ccccc12. The lowest BCUT2D eigenvalue weighted by Crippen LogP contribution is -2.22. The van der Waals surface area contributed by atoms with E-state index in [0.29, 0.717) is 0 Å². The third-order valence-corrected chi connectivity index (χ3v) is 4.35. The summed E-state index contributed by atoms with van der Waals surface area (Å²) in [7, 11) is 0. The van der Waals surface area contributed by atoms with Gasteiger partial charge in [0.25, 0.3) is 0 Å². The Kier molecular flexibility index (Phi) is 3.81. The average molecular weight is 282 g/mol. The highest BCUT2D eigenvalue weighted by Crippen LogP contribution is 2.29. The van der Waals surface area contributed by atoms with E-state index in [2.05, 4.69) is 65.9 Å². The molecule has 0 radical (unpaired) electrons. The molecule has 20 heavy (non-hydrogen) atoms. The Morgan fingerprint density at radius 2 is 2.10 bits per heavy atom. The first kappa shape index (κ1) is 13.3. The van der Waals surface area contributed by atoms with Crippen LogP contribution in [0.5, 0.6) is 0 Å². The Morgan fingerprint density at radius 3 is 2.85 bits per heavy atom. The van der Waals surface area contributed by atoms with E-state index in [9.17, 15) is 0 Å². The number of nitrogens with one attached hydrogen (secondary N) is 1. The van der Waals surface area contributed by atoms with Crippen molar-refractivity contribution in [2.45, 2.75) is 19.9 Å². The maximum Gasteiger partial charge on any atom is 0.0765 e. The lowest BCUT2D eigenvalue weighted by Gasteiger charge is -2.18. The predicted molar refractivity (Wildman–Crippen MR) is 86.3 cm³/mol. The van der Waals surface area contributed by atoms with Crippen LogP contribution in [0, 0.1) is 6.92 Å². The van der Waals surface area contributed by atoms with Crippen molar-refractivity contribution in [2.75, 3.05) is 6.54 Å².